The fraction of sp³-hybridized carbons (Fsp3) is 0.154. The summed E-state index contributed by atoms with van der Waals surface area (Å²) in [5.74, 6) is -1.69. The van der Waals surface area contributed by atoms with Crippen molar-refractivity contribution >= 4 is 11.6 Å². The maximum atomic E-state index is 13.4. The van der Waals surface area contributed by atoms with E-state index in [1.54, 1.807) is 6.07 Å². The zero-order chi connectivity index (χ0) is 16.1. The van der Waals surface area contributed by atoms with E-state index in [1.165, 1.54) is 28.9 Å². The number of carboxylic acids is 1. The van der Waals surface area contributed by atoms with Crippen LogP contribution in [0.15, 0.2) is 30.6 Å². The molecule has 0 amide bonds. The van der Waals surface area contributed by atoms with Gasteiger partial charge in [-0.25, -0.2) is 9.78 Å². The standard InChI is InChI=1S/C13H9F3N4O2/c1-19-11(12(21)22)9(13(14,15)16)10(18-19)7-3-2-4-8-17-5-6-20(7)8/h2-6H,1H3,(H,21,22). The van der Waals surface area contributed by atoms with Gasteiger partial charge in [-0.05, 0) is 12.1 Å². The summed E-state index contributed by atoms with van der Waals surface area (Å²) >= 11 is 0. The van der Waals surface area contributed by atoms with Crippen LogP contribution in [0.25, 0.3) is 17.0 Å². The zero-order valence-corrected chi connectivity index (χ0v) is 11.2. The maximum absolute atomic E-state index is 13.4. The zero-order valence-electron chi connectivity index (χ0n) is 11.2. The predicted molar refractivity (Wildman–Crippen MR) is 69.4 cm³/mol. The molecule has 1 N–H and O–H groups in total. The summed E-state index contributed by atoms with van der Waals surface area (Å²) in [7, 11) is 1.16. The summed E-state index contributed by atoms with van der Waals surface area (Å²) in [6.07, 6.45) is -1.92. The molecule has 3 aromatic rings. The lowest BCUT2D eigenvalue weighted by atomic mass is 10.1. The highest BCUT2D eigenvalue weighted by molar-refractivity contribution is 5.90. The Morgan fingerprint density at radius 2 is 2.05 bits per heavy atom. The normalized spacial score (nSPS) is 12.0. The number of fused-ring (bicyclic) bond motifs is 1. The third-order valence-electron chi connectivity index (χ3n) is 3.20. The lowest BCUT2D eigenvalue weighted by Crippen LogP contribution is -2.15. The van der Waals surface area contributed by atoms with Crippen LogP contribution >= 0.6 is 0 Å². The molecule has 0 saturated heterocycles. The molecule has 114 valence electrons. The molecule has 22 heavy (non-hydrogen) atoms. The smallest absolute Gasteiger partial charge is 0.420 e. The maximum Gasteiger partial charge on any atom is 0.420 e. The molecule has 0 atom stereocenters. The average molecular weight is 310 g/mol. The van der Waals surface area contributed by atoms with E-state index < -0.39 is 29.1 Å². The van der Waals surface area contributed by atoms with Gasteiger partial charge in [0.15, 0.2) is 5.69 Å². The van der Waals surface area contributed by atoms with Gasteiger partial charge in [-0.3, -0.25) is 9.08 Å². The summed E-state index contributed by atoms with van der Waals surface area (Å²) in [6, 6.07) is 4.59. The first-order valence-electron chi connectivity index (χ1n) is 6.10. The number of hydrogen-bond acceptors (Lipinski definition) is 3. The molecule has 0 radical (unpaired) electrons. The second-order valence-corrected chi connectivity index (χ2v) is 4.57. The number of alkyl halides is 3. The van der Waals surface area contributed by atoms with Gasteiger partial charge in [-0.1, -0.05) is 6.07 Å². The van der Waals surface area contributed by atoms with Crippen molar-refractivity contribution in [1.82, 2.24) is 19.2 Å². The van der Waals surface area contributed by atoms with Gasteiger partial charge in [0, 0.05) is 19.4 Å². The van der Waals surface area contributed by atoms with Gasteiger partial charge < -0.3 is 5.11 Å². The van der Waals surface area contributed by atoms with Crippen LogP contribution in [0.1, 0.15) is 16.1 Å². The van der Waals surface area contributed by atoms with Gasteiger partial charge in [0.1, 0.15) is 16.9 Å². The molecular weight excluding hydrogens is 301 g/mol. The number of hydrogen-bond donors (Lipinski definition) is 1. The van der Waals surface area contributed by atoms with Crippen LogP contribution < -0.4 is 0 Å². The van der Waals surface area contributed by atoms with Crippen molar-refractivity contribution in [2.75, 3.05) is 0 Å². The molecule has 0 saturated carbocycles. The predicted octanol–water partition coefficient (Wildman–Crippen LogP) is 2.45. The van der Waals surface area contributed by atoms with Gasteiger partial charge in [0.05, 0.1) is 5.69 Å². The Kier molecular flexibility index (Phi) is 2.94. The van der Waals surface area contributed by atoms with Gasteiger partial charge in [0.2, 0.25) is 0 Å². The fourth-order valence-electron chi connectivity index (χ4n) is 2.36. The first kappa shape index (κ1) is 14.1. The lowest BCUT2D eigenvalue weighted by Gasteiger charge is -2.09. The number of rotatable bonds is 2. The number of carbonyl (C=O) groups is 1. The number of halogens is 3. The number of pyridine rings is 1. The van der Waals surface area contributed by atoms with Crippen LogP contribution in [-0.4, -0.2) is 30.2 Å². The number of aromatic carboxylic acids is 1. The molecule has 3 aromatic heterocycles. The quantitative estimate of drug-likeness (QED) is 0.789. The van der Waals surface area contributed by atoms with E-state index >= 15 is 0 Å². The minimum Gasteiger partial charge on any atom is -0.477 e. The van der Waals surface area contributed by atoms with E-state index in [9.17, 15) is 18.0 Å². The molecular formula is C13H9F3N4O2. The Bertz CT molecular complexity index is 879. The Hall–Kier alpha value is -2.84. The second-order valence-electron chi connectivity index (χ2n) is 4.57. The van der Waals surface area contributed by atoms with Crippen molar-refractivity contribution in [3.8, 4) is 11.4 Å². The van der Waals surface area contributed by atoms with Crippen LogP contribution in [0, 0.1) is 0 Å². The van der Waals surface area contributed by atoms with Gasteiger partial charge in [-0.2, -0.15) is 18.3 Å². The summed E-state index contributed by atoms with van der Waals surface area (Å²) in [4.78, 5) is 15.2. The van der Waals surface area contributed by atoms with E-state index in [2.05, 4.69) is 10.1 Å². The molecule has 9 heteroatoms. The number of aromatic nitrogens is 4. The number of imidazole rings is 1. The minimum atomic E-state index is -4.85. The van der Waals surface area contributed by atoms with Crippen molar-refractivity contribution in [2.45, 2.75) is 6.18 Å². The van der Waals surface area contributed by atoms with E-state index in [-0.39, 0.29) is 5.69 Å². The van der Waals surface area contributed by atoms with E-state index in [1.807, 2.05) is 0 Å². The van der Waals surface area contributed by atoms with E-state index in [4.69, 9.17) is 5.11 Å². The van der Waals surface area contributed by atoms with Crippen molar-refractivity contribution in [1.29, 1.82) is 0 Å². The van der Waals surface area contributed by atoms with Crippen LogP contribution in [-0.2, 0) is 13.2 Å². The largest absolute Gasteiger partial charge is 0.477 e. The molecule has 3 rings (SSSR count). The lowest BCUT2D eigenvalue weighted by molar-refractivity contribution is -0.137. The van der Waals surface area contributed by atoms with Crippen LogP contribution in [0.3, 0.4) is 0 Å². The number of aryl methyl sites for hydroxylation is 1. The molecule has 0 spiro atoms. The van der Waals surface area contributed by atoms with Crippen LogP contribution in [0.4, 0.5) is 13.2 Å². The van der Waals surface area contributed by atoms with Crippen LogP contribution in [0.2, 0.25) is 0 Å². The monoisotopic (exact) mass is 310 g/mol. The number of carboxylic acid groups (broad SMARTS) is 1. The van der Waals surface area contributed by atoms with Crippen molar-refractivity contribution in [3.63, 3.8) is 0 Å². The van der Waals surface area contributed by atoms with Gasteiger partial charge in [-0.15, -0.1) is 0 Å². The average Bonchev–Trinajstić information content (AvgIpc) is 3.00. The summed E-state index contributed by atoms with van der Waals surface area (Å²) in [5, 5.41) is 12.8. The molecule has 0 aromatic carbocycles. The van der Waals surface area contributed by atoms with E-state index in [0.29, 0.717) is 5.65 Å². The molecule has 0 aliphatic carbocycles. The highest BCUT2D eigenvalue weighted by Gasteiger charge is 2.42. The molecule has 0 fully saturated rings. The van der Waals surface area contributed by atoms with Crippen molar-refractivity contribution < 1.29 is 23.1 Å². The first-order valence-corrected chi connectivity index (χ1v) is 6.10. The molecule has 0 aliphatic rings. The highest BCUT2D eigenvalue weighted by atomic mass is 19.4. The van der Waals surface area contributed by atoms with Gasteiger partial charge in [0.25, 0.3) is 0 Å². The summed E-state index contributed by atoms with van der Waals surface area (Å²) in [6.45, 7) is 0. The summed E-state index contributed by atoms with van der Waals surface area (Å²) in [5.41, 5.74) is -2.07. The number of nitrogens with zero attached hydrogens (tertiary/aromatic N) is 4. The first-order chi connectivity index (χ1) is 10.3. The Morgan fingerprint density at radius 1 is 1.32 bits per heavy atom. The Labute approximate surface area is 121 Å². The fourth-order valence-corrected chi connectivity index (χ4v) is 2.36. The Morgan fingerprint density at radius 3 is 2.68 bits per heavy atom. The second kappa shape index (κ2) is 4.58. The van der Waals surface area contributed by atoms with Gasteiger partial charge >= 0.3 is 12.1 Å². The molecule has 3 heterocycles. The third kappa shape index (κ3) is 2.01. The Balaban J connectivity index is 2.39. The minimum absolute atomic E-state index is 0.116. The molecule has 0 unspecified atom stereocenters. The highest BCUT2D eigenvalue weighted by Crippen LogP contribution is 2.39. The summed E-state index contributed by atoms with van der Waals surface area (Å²) < 4.78 is 42.2. The van der Waals surface area contributed by atoms with Crippen molar-refractivity contribution in [3.05, 3.63) is 41.9 Å². The molecule has 0 bridgehead atoms. The SMILES string of the molecule is Cn1nc(-c2cccc3nccn23)c(C(F)(F)F)c1C(=O)O. The molecule has 6 nitrogen and oxygen atoms in total. The van der Waals surface area contributed by atoms with Crippen molar-refractivity contribution in [2.24, 2.45) is 7.05 Å². The van der Waals surface area contributed by atoms with Crippen LogP contribution in [0.5, 0.6) is 0 Å². The third-order valence-corrected chi connectivity index (χ3v) is 3.20. The van der Waals surface area contributed by atoms with E-state index in [0.717, 1.165) is 11.7 Å². The topological polar surface area (TPSA) is 72.4 Å². The molecule has 0 aliphatic heterocycles.